The maximum Gasteiger partial charge on any atom is 0.0465 e. The monoisotopic (exact) mass is 1270 g/mol. The molecule has 1 nitrogen and oxygen atoms in total. The van der Waals surface area contributed by atoms with E-state index in [0.29, 0.717) is 5.92 Å². The number of rotatable bonds is 39. The normalized spacial score (nSPS) is 13.5. The van der Waals surface area contributed by atoms with Gasteiger partial charge in [0.25, 0.3) is 0 Å². The molecular formula is C93H111NS. The largest absolute Gasteiger partial charge is 0.310 e. The molecule has 95 heavy (non-hydrogen) atoms. The standard InChI is InChI=1S/C93H111NS/c1-6-10-14-18-22-32-60-92(61-33-23-19-15-11-7-2)88-66-74(65-80(79-47-40-71(5)41-48-79)64-72-42-49-77(50-43-72)75-36-28-26-29-37-75)46-58-84(88)86-68-91-87(69-90(86)92)85-59-57-83(67-89(85)93(91,62-34-24-20-16-12-8-3)63-35-25-21-17-13-9-4)94(81-53-44-73(70-95)45-54-81)82-55-51-78(52-56-82)76-38-30-27-31-39-76/h26-31,36-59,66-70,80H,6-25,32-35,60-65H2,1-5H3. The Kier molecular flexibility index (Phi) is 25.3. The molecule has 0 fully saturated rings. The van der Waals surface area contributed by atoms with Crippen LogP contribution >= 0.6 is 12.2 Å². The highest BCUT2D eigenvalue weighted by molar-refractivity contribution is 7.79. The summed E-state index contributed by atoms with van der Waals surface area (Å²) in [6.07, 6.45) is 38.0. The Bertz CT molecular complexity index is 3770. The first-order valence-electron chi connectivity index (χ1n) is 38.0. The Morgan fingerprint density at radius 3 is 1.14 bits per heavy atom. The first-order valence-corrected chi connectivity index (χ1v) is 38.5. The highest BCUT2D eigenvalue weighted by Crippen LogP contribution is 2.62. The van der Waals surface area contributed by atoms with Gasteiger partial charge in [-0.05, 0) is 189 Å². The number of anilines is 3. The summed E-state index contributed by atoms with van der Waals surface area (Å²) in [6.45, 7) is 11.7. The van der Waals surface area contributed by atoms with E-state index in [0.717, 1.165) is 24.1 Å². The van der Waals surface area contributed by atoms with Gasteiger partial charge in [-0.3, -0.25) is 0 Å². The maximum absolute atomic E-state index is 5.50. The lowest BCUT2D eigenvalue weighted by atomic mass is 9.68. The molecule has 2 aliphatic rings. The molecule has 0 bridgehead atoms. The minimum absolute atomic E-state index is 0.0704. The molecule has 2 heteroatoms. The smallest absolute Gasteiger partial charge is 0.0465 e. The second-order valence-corrected chi connectivity index (χ2v) is 29.1. The Hall–Kier alpha value is -7.13. The van der Waals surface area contributed by atoms with E-state index in [9.17, 15) is 0 Å². The fourth-order valence-corrected chi connectivity index (χ4v) is 16.9. The Labute approximate surface area is 580 Å². The number of hydrogen-bond acceptors (Lipinski definition) is 2. The van der Waals surface area contributed by atoms with E-state index in [2.05, 4.69) is 246 Å². The van der Waals surface area contributed by atoms with Crippen LogP contribution in [0.3, 0.4) is 0 Å². The summed E-state index contributed by atoms with van der Waals surface area (Å²) in [5.41, 5.74) is 27.6. The lowest BCUT2D eigenvalue weighted by Crippen LogP contribution is -2.27. The van der Waals surface area contributed by atoms with Crippen LogP contribution in [-0.2, 0) is 23.7 Å². The number of nitrogens with zero attached hydrogens (tertiary/aromatic N) is 1. The second kappa shape index (κ2) is 34.7. The molecule has 0 aromatic heterocycles. The number of hydrogen-bond donors (Lipinski definition) is 0. The van der Waals surface area contributed by atoms with Gasteiger partial charge >= 0.3 is 0 Å². The van der Waals surface area contributed by atoms with Crippen molar-refractivity contribution >= 4 is 34.6 Å². The van der Waals surface area contributed by atoms with Gasteiger partial charge in [0.2, 0.25) is 0 Å². The number of benzene rings is 9. The fraction of sp³-hybridized carbons (Fsp3) is 0.409. The summed E-state index contributed by atoms with van der Waals surface area (Å²) >= 11 is 5.50. The molecule has 0 spiro atoms. The van der Waals surface area contributed by atoms with Crippen LogP contribution in [-0.4, -0.2) is 5.37 Å². The van der Waals surface area contributed by atoms with Crippen LogP contribution in [0.25, 0.3) is 44.5 Å². The molecule has 0 saturated carbocycles. The van der Waals surface area contributed by atoms with Crippen molar-refractivity contribution in [2.24, 2.45) is 0 Å². The van der Waals surface area contributed by atoms with Crippen molar-refractivity contribution in [3.63, 3.8) is 0 Å². The van der Waals surface area contributed by atoms with Gasteiger partial charge in [-0.25, -0.2) is 0 Å². The molecular weight excluding hydrogens is 1160 g/mol. The third kappa shape index (κ3) is 16.8. The molecule has 9 aromatic carbocycles. The molecule has 0 aliphatic heterocycles. The van der Waals surface area contributed by atoms with Crippen LogP contribution in [0.1, 0.15) is 263 Å². The minimum atomic E-state index is -0.125. The molecule has 11 rings (SSSR count). The first kappa shape index (κ1) is 69.2. The topological polar surface area (TPSA) is 3.24 Å². The number of unbranched alkanes of at least 4 members (excludes halogenated alkanes) is 20. The van der Waals surface area contributed by atoms with Gasteiger partial charge in [0, 0.05) is 33.3 Å². The third-order valence-corrected chi connectivity index (χ3v) is 22.3. The van der Waals surface area contributed by atoms with Gasteiger partial charge in [-0.15, -0.1) is 0 Å². The molecule has 1 atom stereocenters. The van der Waals surface area contributed by atoms with Gasteiger partial charge in [-0.1, -0.05) is 357 Å². The molecule has 1 unspecified atom stereocenters. The van der Waals surface area contributed by atoms with E-state index in [1.165, 1.54) is 258 Å². The van der Waals surface area contributed by atoms with E-state index in [1.807, 2.05) is 0 Å². The molecule has 0 heterocycles. The average Bonchev–Trinajstić information content (AvgIpc) is 1.52. The van der Waals surface area contributed by atoms with Crippen molar-refractivity contribution in [2.45, 2.75) is 244 Å². The second-order valence-electron chi connectivity index (χ2n) is 28.8. The summed E-state index contributed by atoms with van der Waals surface area (Å²) in [5, 5.41) is 1.80. The highest BCUT2D eigenvalue weighted by Gasteiger charge is 2.48. The van der Waals surface area contributed by atoms with Crippen LogP contribution in [0.2, 0.25) is 0 Å². The first-order chi connectivity index (χ1) is 46.8. The zero-order valence-corrected chi connectivity index (χ0v) is 59.7. The van der Waals surface area contributed by atoms with Gasteiger partial charge < -0.3 is 4.90 Å². The fourth-order valence-electron chi connectivity index (χ4n) is 16.7. The summed E-state index contributed by atoms with van der Waals surface area (Å²) in [5.74, 6) is 0.343. The summed E-state index contributed by atoms with van der Waals surface area (Å²) in [6, 6.07) is 80.4. The van der Waals surface area contributed by atoms with Gasteiger partial charge in [0.15, 0.2) is 0 Å². The van der Waals surface area contributed by atoms with E-state index in [1.54, 1.807) is 27.6 Å². The molecule has 2 aliphatic carbocycles. The van der Waals surface area contributed by atoms with Crippen molar-refractivity contribution in [1.29, 1.82) is 0 Å². The minimum Gasteiger partial charge on any atom is -0.310 e. The zero-order chi connectivity index (χ0) is 65.7. The van der Waals surface area contributed by atoms with Crippen molar-refractivity contribution < 1.29 is 0 Å². The number of thiocarbonyl (C=S) groups is 1. The number of fused-ring (bicyclic) bond motifs is 6. The lowest BCUT2D eigenvalue weighted by molar-refractivity contribution is 0.394. The quantitative estimate of drug-likeness (QED) is 0.0279. The van der Waals surface area contributed by atoms with Crippen LogP contribution in [0.4, 0.5) is 17.1 Å². The molecule has 494 valence electrons. The average molecular weight is 1270 g/mol. The molecule has 9 aromatic rings. The Morgan fingerprint density at radius 2 is 0.684 bits per heavy atom. The van der Waals surface area contributed by atoms with Crippen molar-refractivity contribution in [2.75, 3.05) is 4.90 Å². The van der Waals surface area contributed by atoms with Crippen molar-refractivity contribution in [1.82, 2.24) is 0 Å². The van der Waals surface area contributed by atoms with Gasteiger partial charge in [-0.2, -0.15) is 0 Å². The molecule has 0 amide bonds. The summed E-state index contributed by atoms with van der Waals surface area (Å²) in [7, 11) is 0. The number of aryl methyl sites for hydroxylation is 1. The molecule has 0 N–H and O–H groups in total. The van der Waals surface area contributed by atoms with E-state index in [4.69, 9.17) is 12.2 Å². The van der Waals surface area contributed by atoms with E-state index in [-0.39, 0.29) is 10.8 Å². The van der Waals surface area contributed by atoms with Crippen LogP contribution in [0.15, 0.2) is 206 Å². The summed E-state index contributed by atoms with van der Waals surface area (Å²) < 4.78 is 0. The zero-order valence-electron chi connectivity index (χ0n) is 58.9. The van der Waals surface area contributed by atoms with Crippen LogP contribution < -0.4 is 4.90 Å². The van der Waals surface area contributed by atoms with Gasteiger partial charge in [0.1, 0.15) is 0 Å². The Balaban J connectivity index is 1.07. The third-order valence-electron chi connectivity index (χ3n) is 22.1. The van der Waals surface area contributed by atoms with Crippen LogP contribution in [0, 0.1) is 6.92 Å². The van der Waals surface area contributed by atoms with Crippen LogP contribution in [0.5, 0.6) is 0 Å². The Morgan fingerprint density at radius 1 is 0.326 bits per heavy atom. The van der Waals surface area contributed by atoms with Gasteiger partial charge in [0.05, 0.1) is 0 Å². The summed E-state index contributed by atoms with van der Waals surface area (Å²) in [4.78, 5) is 2.52. The molecule has 0 radical (unpaired) electrons. The van der Waals surface area contributed by atoms with Crippen molar-refractivity contribution in [3.05, 3.63) is 256 Å². The highest BCUT2D eigenvalue weighted by atomic mass is 32.1. The SMILES string of the molecule is CCCCCCCCC1(CCCCCCCC)c2cc(CC(Cc3ccc(-c4ccccc4)cc3)c3ccc(C)cc3)ccc2-c2cc3c(cc21)-c1ccc(N(c2ccc(C=S)cc2)c2ccc(-c4ccccc4)cc2)cc1C3(CCCCCCCC)CCCCCCCC. The van der Waals surface area contributed by atoms with E-state index < -0.39 is 0 Å². The molecule has 0 saturated heterocycles. The predicted octanol–water partition coefficient (Wildman–Crippen LogP) is 28.3. The lowest BCUT2D eigenvalue weighted by Gasteiger charge is -2.35. The van der Waals surface area contributed by atoms with E-state index >= 15 is 0 Å². The maximum atomic E-state index is 5.50. The predicted molar refractivity (Wildman–Crippen MR) is 417 cm³/mol. The van der Waals surface area contributed by atoms with Crippen molar-refractivity contribution in [3.8, 4) is 44.5 Å².